The number of rotatable bonds is 37. The van der Waals surface area contributed by atoms with Gasteiger partial charge < -0.3 is 87.5 Å². The van der Waals surface area contributed by atoms with Gasteiger partial charge in [-0.2, -0.15) is 0 Å². The molecule has 8 saturated heterocycles. The highest BCUT2D eigenvalue weighted by molar-refractivity contribution is 6.24. The first-order valence-corrected chi connectivity index (χ1v) is 34.2. The van der Waals surface area contributed by atoms with E-state index in [0.29, 0.717) is 24.2 Å². The summed E-state index contributed by atoms with van der Waals surface area (Å²) in [5, 5.41) is 62.0. The fraction of sp³-hybridized carbons (Fsp3) is 0.606. The third kappa shape index (κ3) is 12.9. The minimum Gasteiger partial charge on any atom is -0.508 e. The largest absolute Gasteiger partial charge is 0.508 e. The Morgan fingerprint density at radius 3 is 1.06 bits per heavy atom. The zero-order chi connectivity index (χ0) is 71.1. The molecule has 8 amide bonds. The third-order valence-corrected chi connectivity index (χ3v) is 21.5. The number of ether oxygens (including phenoxy) is 12. The van der Waals surface area contributed by atoms with E-state index in [2.05, 4.69) is 0 Å². The van der Waals surface area contributed by atoms with E-state index < -0.39 is 148 Å². The number of phenols is 2. The quantitative estimate of drug-likeness (QED) is 0.0224. The number of fused-ring (bicyclic) bond motifs is 20. The molecule has 0 radical (unpaired) electrons. The number of amides is 8. The second-order valence-corrected chi connectivity index (χ2v) is 29.4. The summed E-state index contributed by atoms with van der Waals surface area (Å²) in [6.07, 6.45) is 8.00. The number of hydrogen-bond acceptors (Lipinski definition) is 26. The monoisotopic (exact) mass is 1410 g/mol. The molecule has 30 nitrogen and oxygen atoms in total. The Kier molecular flexibility index (Phi) is 19.6. The summed E-state index contributed by atoms with van der Waals surface area (Å²) in [5.41, 5.74) is -4.76. The van der Waals surface area contributed by atoms with Crippen molar-refractivity contribution in [3.05, 3.63) is 97.1 Å². The number of anilines is 2. The molecule has 101 heavy (non-hydrogen) atoms. The maximum absolute atomic E-state index is 14.3. The van der Waals surface area contributed by atoms with Crippen molar-refractivity contribution in [1.29, 1.82) is 0 Å². The minimum absolute atomic E-state index is 0.00391. The summed E-state index contributed by atoms with van der Waals surface area (Å²) in [4.78, 5) is 115. The SMILES string of the molecule is CC(CCN1C(=O)C2C3C=CC(COCC(O)COCOCC(O)COCC45C=CC(O4)C4C(=O)N(c6ccc(O)cc6)C(=O)C45)(O3)C2C1=O)CC(C)(C)CN1C(=O)C2C3C=CC(COCC(O)COCOCC(O)COCC45C=CC(O4)C4C(=O)N(c6ccc(O)cc6)C(=O)C45)(O3)C2C1=O. The molecule has 0 spiro atoms. The van der Waals surface area contributed by atoms with Crippen LogP contribution in [0.3, 0.4) is 0 Å². The van der Waals surface area contributed by atoms with E-state index in [9.17, 15) is 69.0 Å². The Balaban J connectivity index is 0.459. The fourth-order valence-electron chi connectivity index (χ4n) is 17.2. The highest BCUT2D eigenvalue weighted by atomic mass is 16.7. The molecule has 21 atom stereocenters. The van der Waals surface area contributed by atoms with Crippen molar-refractivity contribution in [2.45, 2.75) is 105 Å². The van der Waals surface area contributed by atoms with Gasteiger partial charge in [0.15, 0.2) is 0 Å². The number of hydrogen-bond donors (Lipinski definition) is 6. The normalized spacial score (nSPS) is 34.9. The molecule has 14 rings (SSSR count). The lowest BCUT2D eigenvalue weighted by Gasteiger charge is -2.34. The highest BCUT2D eigenvalue weighted by Gasteiger charge is 2.72. The number of imide groups is 4. The van der Waals surface area contributed by atoms with Crippen molar-refractivity contribution in [2.24, 2.45) is 58.7 Å². The molecule has 0 aromatic heterocycles. The molecule has 12 heterocycles. The van der Waals surface area contributed by atoms with Gasteiger partial charge in [-0.1, -0.05) is 69.4 Å². The van der Waals surface area contributed by atoms with Crippen LogP contribution in [0.2, 0.25) is 0 Å². The molecule has 12 aliphatic rings. The Labute approximate surface area is 580 Å². The molecule has 6 N–H and O–H groups in total. The number of aliphatic hydroxyl groups excluding tert-OH is 4. The molecule has 8 fully saturated rings. The topological polar surface area (TPSA) is 382 Å². The molecule has 12 aliphatic heterocycles. The van der Waals surface area contributed by atoms with E-state index in [4.69, 9.17) is 56.8 Å². The minimum atomic E-state index is -1.24. The summed E-state index contributed by atoms with van der Waals surface area (Å²) in [7, 11) is 0. The molecular formula is C71H84N4O26. The van der Waals surface area contributed by atoms with Crippen molar-refractivity contribution >= 4 is 58.6 Å². The van der Waals surface area contributed by atoms with Crippen LogP contribution in [-0.4, -0.2) is 265 Å². The van der Waals surface area contributed by atoms with Crippen LogP contribution in [0, 0.1) is 58.7 Å². The lowest BCUT2D eigenvalue weighted by Crippen LogP contribution is -2.46. The summed E-state index contributed by atoms with van der Waals surface area (Å²) in [6.45, 7) is 3.60. The average Bonchev–Trinajstić information content (AvgIpc) is 1.56. The van der Waals surface area contributed by atoms with E-state index in [1.54, 1.807) is 48.6 Å². The molecule has 0 aliphatic carbocycles. The summed E-state index contributed by atoms with van der Waals surface area (Å²) in [6, 6.07) is 11.6. The predicted octanol–water partition coefficient (Wildman–Crippen LogP) is -0.0249. The van der Waals surface area contributed by atoms with E-state index in [1.807, 2.05) is 20.8 Å². The number of carbonyl (C=O) groups is 8. The number of phenolic OH excluding ortho intramolecular Hbond substituents is 2. The maximum Gasteiger partial charge on any atom is 0.241 e. The van der Waals surface area contributed by atoms with Crippen LogP contribution >= 0.6 is 0 Å². The van der Waals surface area contributed by atoms with Crippen molar-refractivity contribution < 1.29 is 126 Å². The Morgan fingerprint density at radius 2 is 0.713 bits per heavy atom. The van der Waals surface area contributed by atoms with Gasteiger partial charge in [0.05, 0.1) is 162 Å². The van der Waals surface area contributed by atoms with Crippen LogP contribution in [0.1, 0.15) is 33.6 Å². The van der Waals surface area contributed by atoms with E-state index in [1.165, 1.54) is 58.3 Å². The zero-order valence-corrected chi connectivity index (χ0v) is 55.9. The fourth-order valence-corrected chi connectivity index (χ4v) is 17.2. The number of likely N-dealkylation sites (tertiary alicyclic amines) is 2. The second kappa shape index (κ2) is 27.8. The zero-order valence-electron chi connectivity index (χ0n) is 55.9. The second-order valence-electron chi connectivity index (χ2n) is 29.4. The van der Waals surface area contributed by atoms with Crippen LogP contribution in [0.5, 0.6) is 11.5 Å². The molecule has 544 valence electrons. The van der Waals surface area contributed by atoms with Gasteiger partial charge in [-0.15, -0.1) is 0 Å². The Bertz CT molecular complexity index is 3680. The van der Waals surface area contributed by atoms with Crippen molar-refractivity contribution in [3.8, 4) is 11.5 Å². The first kappa shape index (κ1) is 70.9. The molecule has 30 heteroatoms. The number of aromatic hydroxyl groups is 2. The molecule has 2 aromatic carbocycles. The summed E-state index contributed by atoms with van der Waals surface area (Å²) in [5.74, 6) is -9.48. The third-order valence-electron chi connectivity index (χ3n) is 21.5. The van der Waals surface area contributed by atoms with Crippen LogP contribution in [0.25, 0.3) is 0 Å². The highest BCUT2D eigenvalue weighted by Crippen LogP contribution is 2.57. The molecule has 8 bridgehead atoms. The smallest absolute Gasteiger partial charge is 0.241 e. The van der Waals surface area contributed by atoms with Gasteiger partial charge in [-0.3, -0.25) is 48.2 Å². The van der Waals surface area contributed by atoms with E-state index >= 15 is 0 Å². The first-order valence-electron chi connectivity index (χ1n) is 34.2. The van der Waals surface area contributed by atoms with Crippen LogP contribution in [-0.2, 0) is 95.2 Å². The van der Waals surface area contributed by atoms with E-state index in [0.717, 1.165) is 9.80 Å². The summed E-state index contributed by atoms with van der Waals surface area (Å²) >= 11 is 0. The molecule has 2 aromatic rings. The predicted molar refractivity (Wildman–Crippen MR) is 343 cm³/mol. The van der Waals surface area contributed by atoms with Gasteiger partial charge >= 0.3 is 0 Å². The molecular weight excluding hydrogens is 1320 g/mol. The lowest BCUT2D eigenvalue weighted by atomic mass is 9.77. The van der Waals surface area contributed by atoms with Gasteiger partial charge in [0.1, 0.15) is 71.9 Å². The van der Waals surface area contributed by atoms with Gasteiger partial charge in [0.2, 0.25) is 47.3 Å². The standard InChI is InChI=1S/C71H84N4O26/c1-38(16-21-72-59(82)51-47-12-17-68(98-47,55(51)63(72)86)32-90-23-43(78)27-94-36-96-29-45(80)25-92-34-70-19-14-49(100-70)53-57(70)65(88)74(61(53)84)39-4-8-41(76)9-5-39)22-67(2,3)31-73-60(83)52-48-13-18-69(99-48,56(52)64(73)87)33-91-24-44(79)28-95-37-97-30-46(81)26-93-35-71-20-15-50(101-71)54-58(71)66(89)75(62(54)85)40-6-10-42(77)11-7-40/h4-15,17-20,38,43-58,76-81H,16,21-37H2,1-3H3. The molecule has 21 unspecified atom stereocenters. The Hall–Kier alpha value is -7.08. The number of nitrogens with zero attached hydrogens (tertiary/aromatic N) is 4. The van der Waals surface area contributed by atoms with Gasteiger partial charge in [-0.25, -0.2) is 9.80 Å². The van der Waals surface area contributed by atoms with Gasteiger partial charge in [0, 0.05) is 13.1 Å². The first-order chi connectivity index (χ1) is 48.4. The number of aliphatic hydroxyl groups is 4. The van der Waals surface area contributed by atoms with Crippen molar-refractivity contribution in [2.75, 3.05) is 116 Å². The van der Waals surface area contributed by atoms with Crippen LogP contribution in [0.15, 0.2) is 97.1 Å². The van der Waals surface area contributed by atoms with Crippen LogP contribution < -0.4 is 9.80 Å². The maximum atomic E-state index is 14.3. The van der Waals surface area contributed by atoms with Crippen LogP contribution in [0.4, 0.5) is 11.4 Å². The molecule has 0 saturated carbocycles. The van der Waals surface area contributed by atoms with Crippen molar-refractivity contribution in [1.82, 2.24) is 9.80 Å². The number of carbonyl (C=O) groups excluding carboxylic acids is 8. The Morgan fingerprint density at radius 1 is 0.416 bits per heavy atom. The van der Waals surface area contributed by atoms with Gasteiger partial charge in [-0.05, 0) is 72.7 Å². The van der Waals surface area contributed by atoms with E-state index in [-0.39, 0.29) is 147 Å². The van der Waals surface area contributed by atoms with Gasteiger partial charge in [0.25, 0.3) is 0 Å². The lowest BCUT2D eigenvalue weighted by molar-refractivity contribution is -0.150. The average molecular weight is 1410 g/mol. The van der Waals surface area contributed by atoms with Crippen molar-refractivity contribution in [3.63, 3.8) is 0 Å². The summed E-state index contributed by atoms with van der Waals surface area (Å²) < 4.78 is 69.9. The number of benzene rings is 2.